The Hall–Kier alpha value is -3.08. The van der Waals surface area contributed by atoms with E-state index >= 15 is 0 Å². The average molecular weight is 422 g/mol. The third-order valence-electron chi connectivity index (χ3n) is 5.32. The van der Waals surface area contributed by atoms with Gasteiger partial charge in [-0.15, -0.1) is 0 Å². The lowest BCUT2D eigenvalue weighted by Gasteiger charge is -2.29. The fourth-order valence-corrected chi connectivity index (χ4v) is 3.72. The van der Waals surface area contributed by atoms with E-state index in [9.17, 15) is 14.7 Å². The van der Waals surface area contributed by atoms with Gasteiger partial charge in [0.15, 0.2) is 11.5 Å². The molecule has 31 heavy (non-hydrogen) atoms. The molecular weight excluding hydrogens is 390 g/mol. The molecule has 0 fully saturated rings. The van der Waals surface area contributed by atoms with Gasteiger partial charge in [0.2, 0.25) is 0 Å². The summed E-state index contributed by atoms with van der Waals surface area (Å²) in [7, 11) is 0. The molecular formula is C26H31NO4. The molecule has 2 aromatic rings. The van der Waals surface area contributed by atoms with Gasteiger partial charge in [-0.05, 0) is 55.7 Å². The first-order valence-electron chi connectivity index (χ1n) is 10.7. The van der Waals surface area contributed by atoms with Gasteiger partial charge in [-0.25, -0.2) is 0 Å². The number of rotatable bonds is 6. The van der Waals surface area contributed by atoms with E-state index in [1.54, 1.807) is 45.0 Å². The van der Waals surface area contributed by atoms with E-state index in [4.69, 9.17) is 4.74 Å². The first-order valence-corrected chi connectivity index (χ1v) is 10.7. The summed E-state index contributed by atoms with van der Waals surface area (Å²) in [6.45, 7) is 11.3. The molecule has 0 spiro atoms. The topological polar surface area (TPSA) is 66.8 Å². The number of aliphatic hydroxyl groups excluding tert-OH is 1. The molecule has 0 aliphatic carbocycles. The van der Waals surface area contributed by atoms with E-state index in [2.05, 4.69) is 6.92 Å². The van der Waals surface area contributed by atoms with Crippen LogP contribution in [0, 0.1) is 5.41 Å². The van der Waals surface area contributed by atoms with Crippen molar-refractivity contribution in [1.82, 2.24) is 0 Å². The third kappa shape index (κ3) is 4.50. The van der Waals surface area contributed by atoms with Gasteiger partial charge in [0.25, 0.3) is 5.91 Å². The van der Waals surface area contributed by atoms with Crippen LogP contribution in [-0.4, -0.2) is 22.9 Å². The number of aryl methyl sites for hydroxylation is 1. The molecule has 1 aliphatic heterocycles. The molecule has 0 saturated heterocycles. The van der Waals surface area contributed by atoms with Crippen molar-refractivity contribution in [3.05, 3.63) is 71.0 Å². The maximum Gasteiger partial charge on any atom is 0.294 e. The van der Waals surface area contributed by atoms with E-state index in [1.807, 2.05) is 38.1 Å². The van der Waals surface area contributed by atoms with Crippen molar-refractivity contribution in [2.45, 2.75) is 60.1 Å². The number of amides is 1. The second-order valence-electron chi connectivity index (χ2n) is 9.17. The first kappa shape index (κ1) is 22.6. The molecule has 1 atom stereocenters. The van der Waals surface area contributed by atoms with Crippen LogP contribution in [-0.2, 0) is 16.0 Å². The van der Waals surface area contributed by atoms with E-state index in [1.165, 1.54) is 4.90 Å². The summed E-state index contributed by atoms with van der Waals surface area (Å²) < 4.78 is 5.70. The van der Waals surface area contributed by atoms with Crippen LogP contribution in [0.3, 0.4) is 0 Å². The van der Waals surface area contributed by atoms with Crippen molar-refractivity contribution in [2.24, 2.45) is 5.41 Å². The fourth-order valence-electron chi connectivity index (χ4n) is 3.72. The maximum absolute atomic E-state index is 13.3. The summed E-state index contributed by atoms with van der Waals surface area (Å²) in [5.41, 5.74) is 1.94. The van der Waals surface area contributed by atoms with Crippen LogP contribution < -0.4 is 9.64 Å². The van der Waals surface area contributed by atoms with Crippen LogP contribution in [0.2, 0.25) is 0 Å². The number of aliphatic hydroxyl groups is 1. The summed E-state index contributed by atoms with van der Waals surface area (Å²) in [4.78, 5) is 27.9. The zero-order chi connectivity index (χ0) is 22.9. The van der Waals surface area contributed by atoms with Gasteiger partial charge in [0.05, 0.1) is 17.7 Å². The zero-order valence-electron chi connectivity index (χ0n) is 19.1. The van der Waals surface area contributed by atoms with Crippen LogP contribution in [0.1, 0.15) is 58.7 Å². The molecule has 0 saturated carbocycles. The van der Waals surface area contributed by atoms with Gasteiger partial charge in [0, 0.05) is 11.1 Å². The lowest BCUT2D eigenvalue weighted by atomic mass is 9.82. The average Bonchev–Trinajstić information content (AvgIpc) is 2.98. The van der Waals surface area contributed by atoms with Gasteiger partial charge < -0.3 is 9.84 Å². The molecule has 2 aromatic carbocycles. The number of Topliss-reactive ketones (excluding diaryl/α,β-unsaturated/α-hetero) is 1. The second-order valence-corrected chi connectivity index (χ2v) is 9.17. The molecule has 1 aliphatic rings. The number of benzene rings is 2. The largest absolute Gasteiger partial charge is 0.503 e. The SMILES string of the molecule is CCc1ccc(C2C(C(=O)C(C)(C)C)=C(O)C(=O)N2c2ccc(OC(C)C)cc2)cc1. The number of anilines is 1. The Morgan fingerprint density at radius 3 is 2.13 bits per heavy atom. The van der Waals surface area contributed by atoms with E-state index in [0.717, 1.165) is 17.5 Å². The number of nitrogens with zero attached hydrogens (tertiary/aromatic N) is 1. The number of carbonyl (C=O) groups excluding carboxylic acids is 2. The normalized spacial score (nSPS) is 16.9. The van der Waals surface area contributed by atoms with E-state index in [0.29, 0.717) is 11.4 Å². The molecule has 1 heterocycles. The van der Waals surface area contributed by atoms with Gasteiger partial charge >= 0.3 is 0 Å². The summed E-state index contributed by atoms with van der Waals surface area (Å²) in [5.74, 6) is -0.607. The molecule has 1 unspecified atom stereocenters. The fraction of sp³-hybridized carbons (Fsp3) is 0.385. The van der Waals surface area contributed by atoms with Crippen molar-refractivity contribution in [2.75, 3.05) is 4.90 Å². The number of carbonyl (C=O) groups is 2. The highest BCUT2D eigenvalue weighted by Crippen LogP contribution is 2.43. The lowest BCUT2D eigenvalue weighted by Crippen LogP contribution is -2.32. The molecule has 1 amide bonds. The van der Waals surface area contributed by atoms with E-state index in [-0.39, 0.29) is 17.5 Å². The van der Waals surface area contributed by atoms with Crippen LogP contribution in [0.25, 0.3) is 0 Å². The highest BCUT2D eigenvalue weighted by Gasteiger charge is 2.46. The van der Waals surface area contributed by atoms with Crippen molar-refractivity contribution in [1.29, 1.82) is 0 Å². The standard InChI is InChI=1S/C26H31NO4/c1-7-17-8-10-18(11-9-17)22-21(24(29)26(4,5)6)23(28)25(30)27(22)19-12-14-20(15-13-19)31-16(2)3/h8-16,22,28H,7H2,1-6H3. The van der Waals surface area contributed by atoms with Crippen LogP contribution in [0.4, 0.5) is 5.69 Å². The minimum Gasteiger partial charge on any atom is -0.503 e. The summed E-state index contributed by atoms with van der Waals surface area (Å²) in [5, 5.41) is 10.8. The monoisotopic (exact) mass is 421 g/mol. The predicted molar refractivity (Wildman–Crippen MR) is 122 cm³/mol. The molecule has 1 N–H and O–H groups in total. The van der Waals surface area contributed by atoms with Crippen LogP contribution in [0.5, 0.6) is 5.75 Å². The smallest absolute Gasteiger partial charge is 0.294 e. The summed E-state index contributed by atoms with van der Waals surface area (Å²) in [6, 6.07) is 14.3. The maximum atomic E-state index is 13.3. The van der Waals surface area contributed by atoms with Crippen molar-refractivity contribution >= 4 is 17.4 Å². The Labute approximate surface area is 184 Å². The Balaban J connectivity index is 2.11. The molecule has 5 nitrogen and oxygen atoms in total. The molecule has 0 bridgehead atoms. The Bertz CT molecular complexity index is 995. The van der Waals surface area contributed by atoms with Gasteiger partial charge in [-0.1, -0.05) is 52.0 Å². The van der Waals surface area contributed by atoms with Gasteiger partial charge in [-0.3, -0.25) is 14.5 Å². The van der Waals surface area contributed by atoms with Gasteiger partial charge in [-0.2, -0.15) is 0 Å². The van der Waals surface area contributed by atoms with Crippen LogP contribution >= 0.6 is 0 Å². The molecule has 0 radical (unpaired) electrons. The lowest BCUT2D eigenvalue weighted by molar-refractivity contribution is -0.123. The minimum absolute atomic E-state index is 0.0332. The minimum atomic E-state index is -0.740. The molecule has 164 valence electrons. The molecule has 3 rings (SSSR count). The van der Waals surface area contributed by atoms with Crippen molar-refractivity contribution in [3.8, 4) is 5.75 Å². The van der Waals surface area contributed by atoms with Crippen molar-refractivity contribution in [3.63, 3.8) is 0 Å². The Morgan fingerprint density at radius 2 is 1.65 bits per heavy atom. The molecule has 5 heteroatoms. The quantitative estimate of drug-likeness (QED) is 0.664. The van der Waals surface area contributed by atoms with E-state index < -0.39 is 23.1 Å². The van der Waals surface area contributed by atoms with Gasteiger partial charge in [0.1, 0.15) is 5.75 Å². The highest BCUT2D eigenvalue weighted by molar-refractivity contribution is 6.17. The summed E-state index contributed by atoms with van der Waals surface area (Å²) >= 11 is 0. The molecule has 0 aromatic heterocycles. The number of hydrogen-bond acceptors (Lipinski definition) is 4. The summed E-state index contributed by atoms with van der Waals surface area (Å²) in [6.07, 6.45) is 0.922. The Kier molecular flexibility index (Phi) is 6.25. The Morgan fingerprint density at radius 1 is 1.06 bits per heavy atom. The zero-order valence-corrected chi connectivity index (χ0v) is 19.1. The predicted octanol–water partition coefficient (Wildman–Crippen LogP) is 5.55. The third-order valence-corrected chi connectivity index (χ3v) is 5.32. The second kappa shape index (κ2) is 8.58. The first-order chi connectivity index (χ1) is 14.5. The number of ether oxygens (including phenoxy) is 1. The van der Waals surface area contributed by atoms with Crippen LogP contribution in [0.15, 0.2) is 59.9 Å². The highest BCUT2D eigenvalue weighted by atomic mass is 16.5. The number of hydrogen-bond donors (Lipinski definition) is 1. The van der Waals surface area contributed by atoms with Crippen molar-refractivity contribution < 1.29 is 19.4 Å². The number of ketones is 1.